The van der Waals surface area contributed by atoms with Crippen molar-refractivity contribution in [1.82, 2.24) is 15.5 Å². The van der Waals surface area contributed by atoms with Crippen LogP contribution in [0.3, 0.4) is 0 Å². The molecule has 0 fully saturated rings. The van der Waals surface area contributed by atoms with Gasteiger partial charge in [0, 0.05) is 29.9 Å². The smallest absolute Gasteiger partial charge is 0.191 e. The molecule has 0 atom stereocenters. The van der Waals surface area contributed by atoms with Gasteiger partial charge < -0.3 is 15.1 Å². The van der Waals surface area contributed by atoms with Crippen LogP contribution in [0.25, 0.3) is 0 Å². The fourth-order valence-electron chi connectivity index (χ4n) is 3.05. The van der Waals surface area contributed by atoms with E-state index in [1.807, 2.05) is 12.1 Å². The van der Waals surface area contributed by atoms with Crippen molar-refractivity contribution >= 4 is 17.3 Å². The van der Waals surface area contributed by atoms with E-state index in [0.29, 0.717) is 0 Å². The highest BCUT2D eigenvalue weighted by Gasteiger charge is 2.08. The molecular weight excluding hydrogens is 368 g/mol. The summed E-state index contributed by atoms with van der Waals surface area (Å²) in [4.78, 5) is 9.23. The van der Waals surface area contributed by atoms with Gasteiger partial charge in [0.1, 0.15) is 5.76 Å². The lowest BCUT2D eigenvalue weighted by molar-refractivity contribution is 0.287. The number of nitrogens with one attached hydrogen (secondary N) is 2. The molecule has 0 amide bonds. The number of furan rings is 1. The molecule has 0 saturated heterocycles. The average Bonchev–Trinajstić information content (AvgIpc) is 3.34. The van der Waals surface area contributed by atoms with E-state index in [2.05, 4.69) is 70.9 Å². The number of aryl methyl sites for hydroxylation is 1. The molecule has 148 valence electrons. The number of guanidine groups is 1. The summed E-state index contributed by atoms with van der Waals surface area (Å²) in [6.45, 7) is 5.29. The number of hydrogen-bond acceptors (Lipinski definition) is 4. The molecular formula is C22H28N4OS. The Morgan fingerprint density at radius 1 is 1.00 bits per heavy atom. The third kappa shape index (κ3) is 5.97. The highest BCUT2D eigenvalue weighted by molar-refractivity contribution is 7.11. The molecule has 2 heterocycles. The molecule has 3 rings (SSSR count). The molecule has 2 aromatic heterocycles. The third-order valence-electron chi connectivity index (χ3n) is 4.46. The number of aliphatic imine (C=N–C) groups is 1. The van der Waals surface area contributed by atoms with Crippen molar-refractivity contribution in [2.75, 3.05) is 14.1 Å². The average molecular weight is 397 g/mol. The molecule has 6 heteroatoms. The largest absolute Gasteiger partial charge is 0.468 e. The zero-order valence-corrected chi connectivity index (χ0v) is 17.6. The van der Waals surface area contributed by atoms with Gasteiger partial charge in [-0.1, -0.05) is 24.3 Å². The SMILES string of the molecule is CN=C(NCc1ccc(C)s1)NCc1ccccc1CN(C)Cc1ccco1. The molecule has 5 nitrogen and oxygen atoms in total. The van der Waals surface area contributed by atoms with Crippen LogP contribution in [-0.2, 0) is 26.2 Å². The quantitative estimate of drug-likeness (QED) is 0.444. The number of thiophene rings is 1. The fraction of sp³-hybridized carbons (Fsp3) is 0.318. The number of rotatable bonds is 8. The Morgan fingerprint density at radius 3 is 2.46 bits per heavy atom. The van der Waals surface area contributed by atoms with Gasteiger partial charge in [0.25, 0.3) is 0 Å². The number of hydrogen-bond donors (Lipinski definition) is 2. The summed E-state index contributed by atoms with van der Waals surface area (Å²) in [6, 6.07) is 16.8. The Morgan fingerprint density at radius 2 is 1.79 bits per heavy atom. The molecule has 0 aliphatic carbocycles. The van der Waals surface area contributed by atoms with Crippen LogP contribution < -0.4 is 10.6 Å². The molecule has 3 aromatic rings. The van der Waals surface area contributed by atoms with Gasteiger partial charge in [-0.05, 0) is 49.4 Å². The lowest BCUT2D eigenvalue weighted by atomic mass is 10.1. The molecule has 28 heavy (non-hydrogen) atoms. The molecule has 0 radical (unpaired) electrons. The van der Waals surface area contributed by atoms with Crippen molar-refractivity contribution in [2.24, 2.45) is 4.99 Å². The summed E-state index contributed by atoms with van der Waals surface area (Å²) in [5.74, 6) is 1.79. The maximum Gasteiger partial charge on any atom is 0.191 e. The second-order valence-electron chi connectivity index (χ2n) is 6.81. The Bertz CT molecular complexity index is 886. The summed E-state index contributed by atoms with van der Waals surface area (Å²) in [5.41, 5.74) is 2.57. The number of nitrogens with zero attached hydrogens (tertiary/aromatic N) is 2. The van der Waals surface area contributed by atoms with E-state index in [1.54, 1.807) is 24.6 Å². The molecule has 0 aliphatic rings. The van der Waals surface area contributed by atoms with Crippen molar-refractivity contribution in [3.8, 4) is 0 Å². The standard InChI is InChI=1S/C22H28N4OS/c1-17-10-11-21(28-17)14-25-22(23-2)24-13-18-7-4-5-8-19(18)15-26(3)16-20-9-6-12-27-20/h4-12H,13-16H2,1-3H3,(H2,23,24,25). The molecule has 0 unspecified atom stereocenters. The van der Waals surface area contributed by atoms with Crippen LogP contribution in [0, 0.1) is 6.92 Å². The van der Waals surface area contributed by atoms with E-state index >= 15 is 0 Å². The lowest BCUT2D eigenvalue weighted by Crippen LogP contribution is -2.36. The molecule has 0 aliphatic heterocycles. The summed E-state index contributed by atoms with van der Waals surface area (Å²) in [5, 5.41) is 6.81. The first kappa shape index (κ1) is 20.2. The van der Waals surface area contributed by atoms with Crippen LogP contribution in [0.1, 0.15) is 26.6 Å². The van der Waals surface area contributed by atoms with Crippen molar-refractivity contribution in [1.29, 1.82) is 0 Å². The van der Waals surface area contributed by atoms with Gasteiger partial charge in [-0.2, -0.15) is 0 Å². The first-order valence-electron chi connectivity index (χ1n) is 9.41. The van der Waals surface area contributed by atoms with Crippen LogP contribution in [0.5, 0.6) is 0 Å². The van der Waals surface area contributed by atoms with Gasteiger partial charge >= 0.3 is 0 Å². The van der Waals surface area contributed by atoms with Crippen molar-refractivity contribution in [3.05, 3.63) is 81.4 Å². The Hall–Kier alpha value is -2.57. The van der Waals surface area contributed by atoms with Crippen molar-refractivity contribution in [2.45, 2.75) is 33.1 Å². The third-order valence-corrected chi connectivity index (χ3v) is 5.46. The Labute approximate surface area is 171 Å². The second kappa shape index (κ2) is 10.1. The van der Waals surface area contributed by atoms with Gasteiger partial charge in [0.15, 0.2) is 5.96 Å². The normalized spacial score (nSPS) is 11.8. The highest BCUT2D eigenvalue weighted by Crippen LogP contribution is 2.15. The number of benzene rings is 1. The molecule has 0 saturated carbocycles. The maximum atomic E-state index is 5.45. The van der Waals surface area contributed by atoms with E-state index in [4.69, 9.17) is 4.42 Å². The van der Waals surface area contributed by atoms with Gasteiger partial charge in [-0.25, -0.2) is 0 Å². The molecule has 0 spiro atoms. The minimum atomic E-state index is 0.730. The first-order chi connectivity index (χ1) is 13.6. The van der Waals surface area contributed by atoms with Gasteiger partial charge in [0.2, 0.25) is 0 Å². The minimum absolute atomic E-state index is 0.730. The Balaban J connectivity index is 1.54. The lowest BCUT2D eigenvalue weighted by Gasteiger charge is -2.19. The van der Waals surface area contributed by atoms with Gasteiger partial charge in [-0.3, -0.25) is 9.89 Å². The predicted octanol–water partition coefficient (Wildman–Crippen LogP) is 4.15. The monoisotopic (exact) mass is 396 g/mol. The minimum Gasteiger partial charge on any atom is -0.468 e. The van der Waals surface area contributed by atoms with Gasteiger partial charge in [0.05, 0.1) is 19.4 Å². The molecule has 0 bridgehead atoms. The second-order valence-corrected chi connectivity index (χ2v) is 8.18. The summed E-state index contributed by atoms with van der Waals surface area (Å²) >= 11 is 1.81. The van der Waals surface area contributed by atoms with Crippen molar-refractivity contribution in [3.63, 3.8) is 0 Å². The predicted molar refractivity (Wildman–Crippen MR) is 116 cm³/mol. The first-order valence-corrected chi connectivity index (χ1v) is 10.2. The molecule has 1 aromatic carbocycles. The summed E-state index contributed by atoms with van der Waals surface area (Å²) in [7, 11) is 3.91. The van der Waals surface area contributed by atoms with Crippen molar-refractivity contribution < 1.29 is 4.42 Å². The summed E-state index contributed by atoms with van der Waals surface area (Å²) in [6.07, 6.45) is 1.72. The van der Waals surface area contributed by atoms with E-state index < -0.39 is 0 Å². The van der Waals surface area contributed by atoms with E-state index in [0.717, 1.165) is 37.9 Å². The topological polar surface area (TPSA) is 52.8 Å². The van der Waals surface area contributed by atoms with E-state index in [-0.39, 0.29) is 0 Å². The van der Waals surface area contributed by atoms with Crippen LogP contribution in [0.15, 0.2) is 64.2 Å². The Kier molecular flexibility index (Phi) is 7.28. The van der Waals surface area contributed by atoms with E-state index in [1.165, 1.54) is 20.9 Å². The van der Waals surface area contributed by atoms with Crippen LogP contribution >= 0.6 is 11.3 Å². The van der Waals surface area contributed by atoms with Gasteiger partial charge in [-0.15, -0.1) is 11.3 Å². The zero-order valence-electron chi connectivity index (χ0n) is 16.7. The maximum absolute atomic E-state index is 5.45. The highest BCUT2D eigenvalue weighted by atomic mass is 32.1. The van der Waals surface area contributed by atoms with Crippen LogP contribution in [0.2, 0.25) is 0 Å². The fourth-order valence-corrected chi connectivity index (χ4v) is 3.88. The van der Waals surface area contributed by atoms with Crippen LogP contribution in [-0.4, -0.2) is 25.0 Å². The molecule has 2 N–H and O–H groups in total. The van der Waals surface area contributed by atoms with E-state index in [9.17, 15) is 0 Å². The summed E-state index contributed by atoms with van der Waals surface area (Å²) < 4.78 is 5.45. The van der Waals surface area contributed by atoms with Crippen LogP contribution in [0.4, 0.5) is 0 Å². The zero-order chi connectivity index (χ0) is 19.8.